The van der Waals surface area contributed by atoms with Gasteiger partial charge in [-0.2, -0.15) is 26.3 Å². The molecule has 0 saturated heterocycles. The smallest absolute Gasteiger partial charge is 0.741 e. The van der Waals surface area contributed by atoms with Crippen LogP contribution in [0.15, 0.2) is 70.6 Å². The summed E-state index contributed by atoms with van der Waals surface area (Å²) >= 11 is 0. The molecular formula is C23H22CuF6N2O8S2. The zero-order valence-electron chi connectivity index (χ0n) is 21.4. The van der Waals surface area contributed by atoms with Crippen LogP contribution in [0.3, 0.4) is 0 Å². The van der Waals surface area contributed by atoms with Crippen molar-refractivity contribution in [3.8, 4) is 0 Å². The van der Waals surface area contributed by atoms with Crippen LogP contribution in [0.4, 0.5) is 26.3 Å². The average Bonchev–Trinajstić information content (AvgIpc) is 3.55. The number of benzene rings is 2. The van der Waals surface area contributed by atoms with Crippen molar-refractivity contribution in [2.75, 3.05) is 13.2 Å². The normalized spacial score (nSPS) is 18.9. The summed E-state index contributed by atoms with van der Waals surface area (Å²) in [6, 6.07) is 20.6. The second kappa shape index (κ2) is 14.2. The number of ether oxygens (including phenoxy) is 2. The first-order valence-corrected chi connectivity index (χ1v) is 14.0. The van der Waals surface area contributed by atoms with Gasteiger partial charge in [0.05, 0.1) is 0 Å². The van der Waals surface area contributed by atoms with Crippen molar-refractivity contribution in [2.24, 2.45) is 15.4 Å². The van der Waals surface area contributed by atoms with E-state index < -0.39 is 36.7 Å². The van der Waals surface area contributed by atoms with Crippen molar-refractivity contribution in [1.29, 1.82) is 0 Å². The number of aliphatic imine (C=N–C) groups is 2. The third-order valence-corrected chi connectivity index (χ3v) is 6.44. The molecule has 237 valence electrons. The van der Waals surface area contributed by atoms with Crippen LogP contribution in [0.25, 0.3) is 0 Å². The van der Waals surface area contributed by atoms with E-state index >= 15 is 0 Å². The molecule has 19 heteroatoms. The van der Waals surface area contributed by atoms with Crippen molar-refractivity contribution < 1.29 is 78.8 Å². The molecule has 0 saturated carbocycles. The van der Waals surface area contributed by atoms with Gasteiger partial charge in [-0.15, -0.1) is 0 Å². The van der Waals surface area contributed by atoms with Crippen LogP contribution >= 0.6 is 0 Å². The Morgan fingerprint density at radius 3 is 1.17 bits per heavy atom. The van der Waals surface area contributed by atoms with Gasteiger partial charge in [-0.05, 0) is 25.0 Å². The van der Waals surface area contributed by atoms with Gasteiger partial charge < -0.3 is 18.6 Å². The van der Waals surface area contributed by atoms with Gasteiger partial charge in [0.25, 0.3) is 0 Å². The summed E-state index contributed by atoms with van der Waals surface area (Å²) in [5, 5.41) is 0. The Hall–Kier alpha value is -2.70. The first kappa shape index (κ1) is 37.3. The zero-order valence-corrected chi connectivity index (χ0v) is 24.0. The van der Waals surface area contributed by atoms with Gasteiger partial charge in [0.2, 0.25) is 0 Å². The third-order valence-electron chi connectivity index (χ3n) is 5.31. The van der Waals surface area contributed by atoms with Crippen molar-refractivity contribution in [1.82, 2.24) is 0 Å². The first-order valence-electron chi connectivity index (χ1n) is 11.2. The van der Waals surface area contributed by atoms with Crippen LogP contribution in [0.2, 0.25) is 0 Å². The minimum absolute atomic E-state index is 0. The predicted molar refractivity (Wildman–Crippen MR) is 130 cm³/mol. The molecule has 4 rings (SSSR count). The maximum Gasteiger partial charge on any atom is 2.00 e. The molecule has 0 aromatic heterocycles. The molecule has 2 aliphatic rings. The standard InChI is InChI=1S/C21H22N2O2.2CHF3O3S.Cu/c1-21(2,19-22-17(13-24-19)15-9-5-3-6-10-15)20-23-18(14-25-20)16-11-7-4-8-12-16;2*2-1(3,4)8(5,6)7;/h3-12,17-18H,13-14H2,1-2H3;2*(H,5,6,7);/q;;;+2/p-2/t17-,18-;;;/m1.../s1. The van der Waals surface area contributed by atoms with E-state index in [4.69, 9.17) is 45.4 Å². The van der Waals surface area contributed by atoms with E-state index in [0.29, 0.717) is 25.0 Å². The summed E-state index contributed by atoms with van der Waals surface area (Å²) in [6.07, 6.45) is 0. The van der Waals surface area contributed by atoms with Gasteiger partial charge in [0, 0.05) is 0 Å². The zero-order chi connectivity index (χ0) is 31.3. The predicted octanol–water partition coefficient (Wildman–Crippen LogP) is 4.45. The van der Waals surface area contributed by atoms with Crippen molar-refractivity contribution in [3.63, 3.8) is 0 Å². The molecule has 0 amide bonds. The Bertz CT molecular complexity index is 1340. The molecule has 42 heavy (non-hydrogen) atoms. The van der Waals surface area contributed by atoms with E-state index in [2.05, 4.69) is 38.1 Å². The van der Waals surface area contributed by atoms with E-state index in [9.17, 15) is 26.3 Å². The van der Waals surface area contributed by atoms with E-state index in [-0.39, 0.29) is 29.2 Å². The molecule has 0 unspecified atom stereocenters. The fraction of sp³-hybridized carbons (Fsp3) is 0.391. The Labute approximate surface area is 247 Å². The van der Waals surface area contributed by atoms with Crippen LogP contribution in [0.1, 0.15) is 37.1 Å². The Balaban J connectivity index is 0.000000432. The summed E-state index contributed by atoms with van der Waals surface area (Å²) in [5.74, 6) is 1.41. The second-order valence-electron chi connectivity index (χ2n) is 8.77. The quantitative estimate of drug-likeness (QED) is 0.196. The molecule has 2 atom stereocenters. The van der Waals surface area contributed by atoms with Gasteiger partial charge >= 0.3 is 28.1 Å². The molecule has 2 aliphatic heterocycles. The van der Waals surface area contributed by atoms with Crippen molar-refractivity contribution in [2.45, 2.75) is 36.9 Å². The van der Waals surface area contributed by atoms with E-state index in [1.165, 1.54) is 11.1 Å². The molecule has 2 heterocycles. The molecule has 10 nitrogen and oxygen atoms in total. The molecule has 0 bridgehead atoms. The molecule has 0 aliphatic carbocycles. The number of alkyl halides is 6. The Morgan fingerprint density at radius 2 is 0.929 bits per heavy atom. The van der Waals surface area contributed by atoms with Gasteiger partial charge in [0.15, 0.2) is 32.0 Å². The van der Waals surface area contributed by atoms with Crippen LogP contribution in [0.5, 0.6) is 0 Å². The SMILES string of the molecule is CC(C)(C1=N[C@@H](c2ccccc2)CO1)C1=N[C@@H](c2ccccc2)CO1.O=S(=O)([O-])C(F)(F)F.O=S(=O)([O-])C(F)(F)F.[Cu+2]. The topological polar surface area (TPSA) is 158 Å². The summed E-state index contributed by atoms with van der Waals surface area (Å²) < 4.78 is 130. The molecule has 1 radical (unpaired) electrons. The van der Waals surface area contributed by atoms with Crippen LogP contribution in [0, 0.1) is 5.41 Å². The third kappa shape index (κ3) is 10.2. The largest absolute Gasteiger partial charge is 2.00 e. The van der Waals surface area contributed by atoms with Gasteiger partial charge in [-0.25, -0.2) is 26.8 Å². The van der Waals surface area contributed by atoms with Crippen molar-refractivity contribution in [3.05, 3.63) is 71.8 Å². The maximum atomic E-state index is 10.7. The Kier molecular flexibility index (Phi) is 12.6. The number of rotatable bonds is 4. The molecule has 0 fully saturated rings. The first-order chi connectivity index (χ1) is 18.6. The monoisotopic (exact) mass is 695 g/mol. The molecular weight excluding hydrogens is 674 g/mol. The summed E-state index contributed by atoms with van der Waals surface area (Å²) in [5.41, 5.74) is -9.41. The fourth-order valence-corrected chi connectivity index (χ4v) is 3.21. The number of hydrogen-bond donors (Lipinski definition) is 0. The van der Waals surface area contributed by atoms with Gasteiger partial charge in [-0.1, -0.05) is 60.7 Å². The Morgan fingerprint density at radius 1 is 0.667 bits per heavy atom. The number of halogens is 6. The average molecular weight is 696 g/mol. The molecule has 2 aromatic carbocycles. The minimum atomic E-state index is -6.09. The van der Waals surface area contributed by atoms with Crippen LogP contribution < -0.4 is 0 Å². The molecule has 0 spiro atoms. The van der Waals surface area contributed by atoms with Gasteiger partial charge in [-0.3, -0.25) is 0 Å². The van der Waals surface area contributed by atoms with E-state index in [1.807, 2.05) is 36.4 Å². The van der Waals surface area contributed by atoms with Crippen LogP contribution in [-0.4, -0.2) is 62.0 Å². The van der Waals surface area contributed by atoms with E-state index in [1.54, 1.807) is 0 Å². The maximum absolute atomic E-state index is 10.7. The second-order valence-corrected chi connectivity index (χ2v) is 11.5. The number of nitrogens with zero attached hydrogens (tertiary/aromatic N) is 2. The van der Waals surface area contributed by atoms with E-state index in [0.717, 1.165) is 0 Å². The summed E-state index contributed by atoms with van der Waals surface area (Å²) in [6.45, 7) is 5.26. The van der Waals surface area contributed by atoms with Crippen molar-refractivity contribution >= 4 is 32.0 Å². The fourth-order valence-electron chi connectivity index (χ4n) is 3.21. The molecule has 0 N–H and O–H groups in total. The summed E-state index contributed by atoms with van der Waals surface area (Å²) in [7, 11) is -12.2. The molecule has 2 aromatic rings. The number of hydrogen-bond acceptors (Lipinski definition) is 10. The van der Waals surface area contributed by atoms with Crippen LogP contribution in [-0.2, 0) is 46.8 Å². The van der Waals surface area contributed by atoms with Gasteiger partial charge in [0.1, 0.15) is 30.7 Å². The minimum Gasteiger partial charge on any atom is -0.741 e. The summed E-state index contributed by atoms with van der Waals surface area (Å²) in [4.78, 5) is 9.61.